The molecule has 2 aliphatic rings. The summed E-state index contributed by atoms with van der Waals surface area (Å²) in [5.74, 6) is -1.03. The lowest BCUT2D eigenvalue weighted by molar-refractivity contribution is -0.140. The van der Waals surface area contributed by atoms with E-state index in [0.717, 1.165) is 0 Å². The molecule has 0 aromatic carbocycles. The monoisotopic (exact) mass is 239 g/mol. The van der Waals surface area contributed by atoms with Gasteiger partial charge < -0.3 is 10.4 Å². The van der Waals surface area contributed by atoms with Crippen molar-refractivity contribution in [1.82, 2.24) is 5.32 Å². The van der Waals surface area contributed by atoms with E-state index >= 15 is 0 Å². The number of carbonyl (C=O) groups excluding carboxylic acids is 1. The molecule has 2 aliphatic carbocycles. The molecule has 2 saturated carbocycles. The highest BCUT2D eigenvalue weighted by Gasteiger charge is 2.48. The van der Waals surface area contributed by atoms with E-state index in [1.807, 2.05) is 6.92 Å². The molecule has 4 nitrogen and oxygen atoms in total. The third-order valence-electron chi connectivity index (χ3n) is 4.17. The minimum absolute atomic E-state index is 0.0597. The summed E-state index contributed by atoms with van der Waals surface area (Å²) < 4.78 is 0. The van der Waals surface area contributed by atoms with Crippen molar-refractivity contribution >= 4 is 11.9 Å². The summed E-state index contributed by atoms with van der Waals surface area (Å²) in [5.41, 5.74) is 0. The first-order chi connectivity index (χ1) is 8.09. The van der Waals surface area contributed by atoms with Crippen LogP contribution in [-0.4, -0.2) is 23.0 Å². The Balaban J connectivity index is 1.76. The van der Waals surface area contributed by atoms with Gasteiger partial charge in [-0.2, -0.15) is 0 Å². The second-order valence-electron chi connectivity index (χ2n) is 5.48. The van der Waals surface area contributed by atoms with Gasteiger partial charge in [-0.05, 0) is 32.1 Å². The van der Waals surface area contributed by atoms with Gasteiger partial charge in [-0.1, -0.05) is 19.3 Å². The number of amides is 1. The van der Waals surface area contributed by atoms with Crippen LogP contribution in [0.4, 0.5) is 0 Å². The molecule has 96 valence electrons. The van der Waals surface area contributed by atoms with Crippen LogP contribution in [0.25, 0.3) is 0 Å². The van der Waals surface area contributed by atoms with Crippen molar-refractivity contribution in [1.29, 1.82) is 0 Å². The van der Waals surface area contributed by atoms with Crippen LogP contribution in [0.5, 0.6) is 0 Å². The zero-order valence-electron chi connectivity index (χ0n) is 10.3. The molecule has 2 N–H and O–H groups in total. The van der Waals surface area contributed by atoms with Crippen LogP contribution in [0.1, 0.15) is 45.4 Å². The number of rotatable bonds is 4. The van der Waals surface area contributed by atoms with Gasteiger partial charge in [-0.3, -0.25) is 9.59 Å². The van der Waals surface area contributed by atoms with Crippen LogP contribution in [0.15, 0.2) is 0 Å². The van der Waals surface area contributed by atoms with Crippen LogP contribution < -0.4 is 5.32 Å². The number of carbonyl (C=O) groups is 2. The molecule has 17 heavy (non-hydrogen) atoms. The number of carboxylic acids is 1. The minimum Gasteiger partial charge on any atom is -0.481 e. The first-order valence-corrected chi connectivity index (χ1v) is 6.62. The van der Waals surface area contributed by atoms with Gasteiger partial charge >= 0.3 is 5.97 Å². The fourth-order valence-corrected chi connectivity index (χ4v) is 2.84. The van der Waals surface area contributed by atoms with Gasteiger partial charge in [0.25, 0.3) is 0 Å². The largest absolute Gasteiger partial charge is 0.481 e. The quantitative estimate of drug-likeness (QED) is 0.786. The van der Waals surface area contributed by atoms with Crippen molar-refractivity contribution in [3.63, 3.8) is 0 Å². The Kier molecular flexibility index (Phi) is 3.69. The van der Waals surface area contributed by atoms with Gasteiger partial charge in [0.15, 0.2) is 0 Å². The first kappa shape index (κ1) is 12.4. The van der Waals surface area contributed by atoms with E-state index in [4.69, 9.17) is 5.11 Å². The standard InChI is InChI=1S/C13H21NO3/c1-8(9-5-3-2-4-6-9)14-12(15)10-7-11(10)13(16)17/h8-11H,2-7H2,1H3,(H,14,15)(H,16,17)/t8-,10?,11?/m1/s1. The topological polar surface area (TPSA) is 66.4 Å². The van der Waals surface area contributed by atoms with Gasteiger partial charge in [0.2, 0.25) is 5.91 Å². The Hall–Kier alpha value is -1.06. The Morgan fingerprint density at radius 3 is 2.35 bits per heavy atom. The molecule has 0 aromatic heterocycles. The highest BCUT2D eigenvalue weighted by Crippen LogP contribution is 2.39. The molecule has 2 fully saturated rings. The van der Waals surface area contributed by atoms with Gasteiger partial charge in [0.05, 0.1) is 11.8 Å². The van der Waals surface area contributed by atoms with E-state index in [1.165, 1.54) is 32.1 Å². The number of hydrogen-bond donors (Lipinski definition) is 2. The predicted octanol–water partition coefficient (Wildman–Crippen LogP) is 1.79. The second-order valence-corrected chi connectivity index (χ2v) is 5.48. The van der Waals surface area contributed by atoms with Gasteiger partial charge in [0.1, 0.15) is 0 Å². The number of aliphatic carboxylic acids is 1. The van der Waals surface area contributed by atoms with Crippen LogP contribution in [0.3, 0.4) is 0 Å². The summed E-state index contributed by atoms with van der Waals surface area (Å²) in [6.07, 6.45) is 6.71. The lowest BCUT2D eigenvalue weighted by atomic mass is 9.84. The number of hydrogen-bond acceptors (Lipinski definition) is 2. The summed E-state index contributed by atoms with van der Waals surface area (Å²) in [7, 11) is 0. The molecular weight excluding hydrogens is 218 g/mol. The molecule has 0 radical (unpaired) electrons. The molecule has 0 saturated heterocycles. The van der Waals surface area contributed by atoms with Crippen molar-refractivity contribution < 1.29 is 14.7 Å². The molecule has 0 heterocycles. The molecule has 2 unspecified atom stereocenters. The van der Waals surface area contributed by atoms with E-state index in [1.54, 1.807) is 0 Å². The maximum Gasteiger partial charge on any atom is 0.307 e. The SMILES string of the molecule is C[C@@H](NC(=O)C1CC1C(=O)O)C1CCCCC1. The van der Waals surface area contributed by atoms with Crippen molar-refractivity contribution in [2.24, 2.45) is 17.8 Å². The van der Waals surface area contributed by atoms with E-state index < -0.39 is 11.9 Å². The average molecular weight is 239 g/mol. The molecule has 3 atom stereocenters. The van der Waals surface area contributed by atoms with Gasteiger partial charge in [-0.25, -0.2) is 0 Å². The molecule has 0 bridgehead atoms. The molecule has 0 aliphatic heterocycles. The fourth-order valence-electron chi connectivity index (χ4n) is 2.84. The third-order valence-corrected chi connectivity index (χ3v) is 4.17. The lowest BCUT2D eigenvalue weighted by Crippen LogP contribution is -2.40. The maximum absolute atomic E-state index is 11.8. The summed E-state index contributed by atoms with van der Waals surface area (Å²) in [5, 5.41) is 11.8. The first-order valence-electron chi connectivity index (χ1n) is 6.62. The summed E-state index contributed by atoms with van der Waals surface area (Å²) in [6, 6.07) is 0.192. The Bertz CT molecular complexity index is 310. The third kappa shape index (κ3) is 2.99. The van der Waals surface area contributed by atoms with Crippen LogP contribution >= 0.6 is 0 Å². The zero-order valence-corrected chi connectivity index (χ0v) is 10.3. The number of carboxylic acid groups (broad SMARTS) is 1. The molecule has 0 spiro atoms. The van der Waals surface area contributed by atoms with Crippen molar-refractivity contribution in [3.8, 4) is 0 Å². The number of nitrogens with one attached hydrogen (secondary N) is 1. The second kappa shape index (κ2) is 5.07. The van der Waals surface area contributed by atoms with Gasteiger partial charge in [0, 0.05) is 6.04 Å². The smallest absolute Gasteiger partial charge is 0.307 e. The normalized spacial score (nSPS) is 30.6. The predicted molar refractivity (Wildman–Crippen MR) is 63.4 cm³/mol. The van der Waals surface area contributed by atoms with Crippen molar-refractivity contribution in [2.45, 2.75) is 51.5 Å². The Morgan fingerprint density at radius 2 is 1.82 bits per heavy atom. The zero-order chi connectivity index (χ0) is 12.4. The van der Waals surface area contributed by atoms with Crippen LogP contribution in [0, 0.1) is 17.8 Å². The maximum atomic E-state index is 11.8. The molecule has 0 aromatic rings. The minimum atomic E-state index is -0.838. The summed E-state index contributed by atoms with van der Waals surface area (Å²) >= 11 is 0. The van der Waals surface area contributed by atoms with Crippen LogP contribution in [0.2, 0.25) is 0 Å². The van der Waals surface area contributed by atoms with E-state index in [9.17, 15) is 9.59 Å². The molecule has 4 heteroatoms. The molecular formula is C13H21NO3. The Labute approximate surface area is 102 Å². The van der Waals surface area contributed by atoms with E-state index in [2.05, 4.69) is 5.32 Å². The molecule has 2 rings (SSSR count). The van der Waals surface area contributed by atoms with Crippen molar-refractivity contribution in [2.75, 3.05) is 0 Å². The average Bonchev–Trinajstić information content (AvgIpc) is 3.10. The molecule has 1 amide bonds. The highest BCUT2D eigenvalue weighted by atomic mass is 16.4. The summed E-state index contributed by atoms with van der Waals surface area (Å²) in [6.45, 7) is 2.05. The van der Waals surface area contributed by atoms with Crippen LogP contribution in [-0.2, 0) is 9.59 Å². The van der Waals surface area contributed by atoms with E-state index in [0.29, 0.717) is 12.3 Å². The fraction of sp³-hybridized carbons (Fsp3) is 0.846. The Morgan fingerprint density at radius 1 is 1.18 bits per heavy atom. The highest BCUT2D eigenvalue weighted by molar-refractivity contribution is 5.89. The lowest BCUT2D eigenvalue weighted by Gasteiger charge is -2.28. The van der Waals surface area contributed by atoms with Crippen molar-refractivity contribution in [3.05, 3.63) is 0 Å². The van der Waals surface area contributed by atoms with E-state index in [-0.39, 0.29) is 17.9 Å². The summed E-state index contributed by atoms with van der Waals surface area (Å²) in [4.78, 5) is 22.5. The van der Waals surface area contributed by atoms with Gasteiger partial charge in [-0.15, -0.1) is 0 Å².